The Balaban J connectivity index is 1.61. The van der Waals surface area contributed by atoms with Crippen LogP contribution in [0.2, 0.25) is 0 Å². The molecule has 134 valence electrons. The van der Waals surface area contributed by atoms with Gasteiger partial charge in [0.15, 0.2) is 5.17 Å². The molecular weight excluding hydrogens is 381 g/mol. The van der Waals surface area contributed by atoms with Crippen LogP contribution in [-0.2, 0) is 4.79 Å². The van der Waals surface area contributed by atoms with Crippen molar-refractivity contribution in [1.82, 2.24) is 9.88 Å². The van der Waals surface area contributed by atoms with Gasteiger partial charge in [-0.05, 0) is 23.9 Å². The zero-order valence-electron chi connectivity index (χ0n) is 14.3. The van der Waals surface area contributed by atoms with Crippen LogP contribution in [0.1, 0.15) is 5.56 Å². The second-order valence-corrected chi connectivity index (χ2v) is 7.62. The van der Waals surface area contributed by atoms with E-state index in [4.69, 9.17) is 0 Å². The topological polar surface area (TPSA) is 45.6 Å². The summed E-state index contributed by atoms with van der Waals surface area (Å²) in [5.74, 6) is -0.569. The number of carbonyl (C=O) groups excluding carboxylic acids is 1. The van der Waals surface area contributed by atoms with Gasteiger partial charge >= 0.3 is 0 Å². The van der Waals surface area contributed by atoms with E-state index >= 15 is 0 Å². The van der Waals surface area contributed by atoms with Crippen molar-refractivity contribution in [3.63, 3.8) is 0 Å². The Bertz CT molecular complexity index is 1060. The largest absolute Gasteiger partial charge is 0.289 e. The van der Waals surface area contributed by atoms with Crippen molar-refractivity contribution in [3.05, 3.63) is 76.3 Å². The molecule has 2 heterocycles. The number of amidine groups is 1. The number of hydrogen-bond acceptors (Lipinski definition) is 5. The quantitative estimate of drug-likeness (QED) is 0.574. The third kappa shape index (κ3) is 3.70. The maximum Gasteiger partial charge on any atom is 0.266 e. The minimum Gasteiger partial charge on any atom is -0.289 e. The number of amides is 1. The normalized spacial score (nSPS) is 17.3. The van der Waals surface area contributed by atoms with Gasteiger partial charge < -0.3 is 0 Å². The Labute approximate surface area is 164 Å². The first-order chi connectivity index (χ1) is 13.1. The molecule has 1 fully saturated rings. The lowest BCUT2D eigenvalue weighted by atomic mass is 10.2. The fourth-order valence-electron chi connectivity index (χ4n) is 2.52. The second kappa shape index (κ2) is 7.46. The highest BCUT2D eigenvalue weighted by Crippen LogP contribution is 2.35. The maximum atomic E-state index is 13.9. The molecular formula is C20H14FN3OS2. The molecule has 2 aromatic carbocycles. The standard InChI is InChI=1S/C20H14FN3OS2/c1-24-18(25)17(11-14-9-5-6-10-15(14)21)27-20(24)23-19-22-16(12-26-19)13-7-3-2-4-8-13/h2-12H,1H3/b17-11-,23-20+. The number of nitrogens with zero attached hydrogens (tertiary/aromatic N) is 3. The summed E-state index contributed by atoms with van der Waals surface area (Å²) in [6.45, 7) is 0. The number of thioether (sulfide) groups is 1. The van der Waals surface area contributed by atoms with Crippen LogP contribution >= 0.6 is 23.1 Å². The van der Waals surface area contributed by atoms with Gasteiger partial charge in [0, 0.05) is 23.6 Å². The van der Waals surface area contributed by atoms with Crippen molar-refractivity contribution in [2.75, 3.05) is 7.05 Å². The highest BCUT2D eigenvalue weighted by Gasteiger charge is 2.30. The first kappa shape index (κ1) is 17.6. The number of halogens is 1. The third-order valence-electron chi connectivity index (χ3n) is 3.95. The minimum absolute atomic E-state index is 0.207. The Hall–Kier alpha value is -2.77. The lowest BCUT2D eigenvalue weighted by Gasteiger charge is -2.05. The number of likely N-dealkylation sites (N-methyl/N-ethyl adjacent to an activating group) is 1. The molecule has 1 saturated heterocycles. The number of rotatable bonds is 3. The average molecular weight is 395 g/mol. The number of carbonyl (C=O) groups is 1. The summed E-state index contributed by atoms with van der Waals surface area (Å²) in [6.07, 6.45) is 1.55. The SMILES string of the molecule is CN1C(=O)/C(=C/c2ccccc2F)S/C1=N/c1nc(-c2ccccc2)cs1. The summed E-state index contributed by atoms with van der Waals surface area (Å²) < 4.78 is 13.9. The molecule has 0 radical (unpaired) electrons. The zero-order valence-corrected chi connectivity index (χ0v) is 15.9. The van der Waals surface area contributed by atoms with Crippen molar-refractivity contribution < 1.29 is 9.18 Å². The number of thiazole rings is 1. The lowest BCUT2D eigenvalue weighted by molar-refractivity contribution is -0.121. The van der Waals surface area contributed by atoms with Crippen molar-refractivity contribution >= 4 is 45.4 Å². The van der Waals surface area contributed by atoms with E-state index < -0.39 is 0 Å². The van der Waals surface area contributed by atoms with E-state index in [1.807, 2.05) is 35.7 Å². The van der Waals surface area contributed by atoms with Crippen LogP contribution in [0.25, 0.3) is 17.3 Å². The summed E-state index contributed by atoms with van der Waals surface area (Å²) in [5, 5.41) is 3.03. The lowest BCUT2D eigenvalue weighted by Crippen LogP contribution is -2.23. The Morgan fingerprint density at radius 1 is 1.11 bits per heavy atom. The summed E-state index contributed by atoms with van der Waals surface area (Å²) in [5.41, 5.74) is 2.24. The van der Waals surface area contributed by atoms with Gasteiger partial charge in [0.25, 0.3) is 5.91 Å². The van der Waals surface area contributed by atoms with Crippen LogP contribution in [0.3, 0.4) is 0 Å². The molecule has 3 aromatic rings. The molecule has 0 atom stereocenters. The van der Waals surface area contributed by atoms with E-state index in [2.05, 4.69) is 9.98 Å². The van der Waals surface area contributed by atoms with Gasteiger partial charge in [-0.15, -0.1) is 11.3 Å². The number of benzene rings is 2. The summed E-state index contributed by atoms with van der Waals surface area (Å²) in [7, 11) is 1.65. The average Bonchev–Trinajstić information content (AvgIpc) is 3.25. The monoisotopic (exact) mass is 395 g/mol. The molecule has 1 aliphatic rings. The fourth-order valence-corrected chi connectivity index (χ4v) is 4.24. The van der Waals surface area contributed by atoms with Crippen molar-refractivity contribution in [3.8, 4) is 11.3 Å². The minimum atomic E-state index is -0.362. The molecule has 4 nitrogen and oxygen atoms in total. The molecule has 0 aliphatic carbocycles. The fraction of sp³-hybridized carbons (Fsp3) is 0.0500. The van der Waals surface area contributed by atoms with E-state index in [9.17, 15) is 9.18 Å². The van der Waals surface area contributed by atoms with Crippen LogP contribution in [0.5, 0.6) is 0 Å². The van der Waals surface area contributed by atoms with E-state index in [-0.39, 0.29) is 11.7 Å². The highest BCUT2D eigenvalue weighted by molar-refractivity contribution is 8.18. The van der Waals surface area contributed by atoms with Crippen LogP contribution in [0.4, 0.5) is 9.52 Å². The molecule has 0 unspecified atom stereocenters. The molecule has 0 bridgehead atoms. The third-order valence-corrected chi connectivity index (χ3v) is 5.74. The van der Waals surface area contributed by atoms with Crippen LogP contribution in [0, 0.1) is 5.82 Å². The number of hydrogen-bond donors (Lipinski definition) is 0. The van der Waals surface area contributed by atoms with E-state index in [0.717, 1.165) is 11.3 Å². The predicted octanol–water partition coefficient (Wildman–Crippen LogP) is 5.18. The van der Waals surface area contributed by atoms with Gasteiger partial charge in [-0.25, -0.2) is 9.37 Å². The molecule has 0 saturated carbocycles. The second-order valence-electron chi connectivity index (χ2n) is 5.77. The molecule has 1 aliphatic heterocycles. The molecule has 4 rings (SSSR count). The van der Waals surface area contributed by atoms with Crippen molar-refractivity contribution in [1.29, 1.82) is 0 Å². The Morgan fingerprint density at radius 2 is 1.85 bits per heavy atom. The summed E-state index contributed by atoms with van der Waals surface area (Å²) in [4.78, 5) is 23.4. The Morgan fingerprint density at radius 3 is 2.63 bits per heavy atom. The smallest absolute Gasteiger partial charge is 0.266 e. The summed E-state index contributed by atoms with van der Waals surface area (Å²) >= 11 is 2.63. The molecule has 27 heavy (non-hydrogen) atoms. The molecule has 1 amide bonds. The van der Waals surface area contributed by atoms with Gasteiger partial charge in [-0.1, -0.05) is 48.5 Å². The van der Waals surface area contributed by atoms with Crippen LogP contribution in [-0.4, -0.2) is 28.0 Å². The van der Waals surface area contributed by atoms with Crippen molar-refractivity contribution in [2.45, 2.75) is 0 Å². The van der Waals surface area contributed by atoms with Crippen molar-refractivity contribution in [2.24, 2.45) is 4.99 Å². The number of aromatic nitrogens is 1. The van der Waals surface area contributed by atoms with E-state index in [1.165, 1.54) is 34.1 Å². The first-order valence-electron chi connectivity index (χ1n) is 8.13. The summed E-state index contributed by atoms with van der Waals surface area (Å²) in [6, 6.07) is 16.2. The van der Waals surface area contributed by atoms with Crippen LogP contribution in [0.15, 0.2) is 69.9 Å². The highest BCUT2D eigenvalue weighted by atomic mass is 32.2. The van der Waals surface area contributed by atoms with Gasteiger partial charge in [-0.3, -0.25) is 9.69 Å². The van der Waals surface area contributed by atoms with Crippen LogP contribution < -0.4 is 0 Å². The molecule has 7 heteroatoms. The Kier molecular flexibility index (Phi) is 4.87. The van der Waals surface area contributed by atoms with Gasteiger partial charge in [0.1, 0.15) is 5.82 Å². The maximum absolute atomic E-state index is 13.9. The molecule has 0 spiro atoms. The predicted molar refractivity (Wildman–Crippen MR) is 109 cm³/mol. The van der Waals surface area contributed by atoms with Gasteiger partial charge in [-0.2, -0.15) is 4.99 Å². The van der Waals surface area contributed by atoms with E-state index in [0.29, 0.717) is 20.8 Å². The molecule has 1 aromatic heterocycles. The van der Waals surface area contributed by atoms with Gasteiger partial charge in [0.2, 0.25) is 5.13 Å². The zero-order chi connectivity index (χ0) is 18.8. The first-order valence-corrected chi connectivity index (χ1v) is 9.83. The molecule has 0 N–H and O–H groups in total. The number of aliphatic imine (C=N–C) groups is 1. The van der Waals surface area contributed by atoms with Gasteiger partial charge in [0.05, 0.1) is 10.6 Å². The van der Waals surface area contributed by atoms with E-state index in [1.54, 1.807) is 31.3 Å².